The van der Waals surface area contributed by atoms with Crippen molar-refractivity contribution >= 4 is 23.5 Å². The molecule has 1 aromatic heterocycles. The van der Waals surface area contributed by atoms with E-state index in [1.807, 2.05) is 30.8 Å². The molecule has 1 amide bonds. The van der Waals surface area contributed by atoms with Crippen molar-refractivity contribution in [1.82, 2.24) is 4.98 Å². The van der Waals surface area contributed by atoms with Gasteiger partial charge in [0.1, 0.15) is 5.82 Å². The van der Waals surface area contributed by atoms with Crippen LogP contribution in [0, 0.1) is 12.8 Å². The molecule has 5 heteroatoms. The number of amides is 1. The number of benzene rings is 1. The molecular weight excluding hydrogens is 368 g/mol. The third kappa shape index (κ3) is 5.36. The maximum absolute atomic E-state index is 13.2. The van der Waals surface area contributed by atoms with E-state index in [0.29, 0.717) is 11.7 Å². The van der Waals surface area contributed by atoms with Crippen LogP contribution in [0.5, 0.6) is 0 Å². The average Bonchev–Trinajstić information content (AvgIpc) is 3.53. The van der Waals surface area contributed by atoms with Gasteiger partial charge in [-0.3, -0.25) is 4.79 Å². The molecule has 2 heterocycles. The monoisotopic (exact) mass is 396 g/mol. The maximum Gasteiger partial charge on any atom is 0.233 e. The van der Waals surface area contributed by atoms with Crippen molar-refractivity contribution in [3.8, 4) is 0 Å². The van der Waals surface area contributed by atoms with Crippen LogP contribution >= 0.6 is 11.8 Å². The Labute approximate surface area is 171 Å². The highest BCUT2D eigenvalue weighted by atomic mass is 32.2. The third-order valence-electron chi connectivity index (χ3n) is 5.50. The van der Waals surface area contributed by atoms with E-state index < -0.39 is 0 Å². The van der Waals surface area contributed by atoms with E-state index in [2.05, 4.69) is 34.6 Å². The summed E-state index contributed by atoms with van der Waals surface area (Å²) in [5.41, 5.74) is 2.18. The Balaban J connectivity index is 1.49. The number of hydrogen-bond acceptors (Lipinski definition) is 4. The first-order valence-corrected chi connectivity index (χ1v) is 11.1. The number of aryl methyl sites for hydroxylation is 1. The smallest absolute Gasteiger partial charge is 0.233 e. The summed E-state index contributed by atoms with van der Waals surface area (Å²) in [5, 5.41) is 3.82. The maximum atomic E-state index is 13.2. The zero-order valence-electron chi connectivity index (χ0n) is 16.4. The van der Waals surface area contributed by atoms with Crippen LogP contribution in [0.4, 0.5) is 5.82 Å². The Morgan fingerprint density at radius 3 is 2.54 bits per heavy atom. The van der Waals surface area contributed by atoms with E-state index in [1.54, 1.807) is 6.20 Å². The van der Waals surface area contributed by atoms with Crippen LogP contribution < -0.4 is 5.32 Å². The summed E-state index contributed by atoms with van der Waals surface area (Å²) >= 11 is 1.95. The fourth-order valence-corrected chi connectivity index (χ4v) is 4.67. The Hall–Kier alpha value is -1.85. The Morgan fingerprint density at radius 2 is 1.89 bits per heavy atom. The highest BCUT2D eigenvalue weighted by Crippen LogP contribution is 2.39. The number of hydrogen-bond donors (Lipinski definition) is 1. The van der Waals surface area contributed by atoms with Crippen LogP contribution in [0.3, 0.4) is 0 Å². The number of anilines is 1. The number of nitrogens with zero attached hydrogens (tertiary/aromatic N) is 1. The first-order valence-electron chi connectivity index (χ1n) is 10.3. The van der Waals surface area contributed by atoms with Gasteiger partial charge in [-0.15, -0.1) is 11.8 Å². The van der Waals surface area contributed by atoms with Gasteiger partial charge >= 0.3 is 0 Å². The number of aromatic nitrogens is 1. The van der Waals surface area contributed by atoms with Gasteiger partial charge in [-0.05, 0) is 74.3 Å². The van der Waals surface area contributed by atoms with E-state index >= 15 is 0 Å². The van der Waals surface area contributed by atoms with Crippen LogP contribution in [-0.4, -0.2) is 29.4 Å². The second kappa shape index (κ2) is 9.10. The van der Waals surface area contributed by atoms with Crippen molar-refractivity contribution < 1.29 is 9.53 Å². The normalized spacial score (nSPS) is 18.6. The van der Waals surface area contributed by atoms with Gasteiger partial charge in [-0.1, -0.05) is 18.2 Å². The number of nitrogens with one attached hydrogen (secondary N) is 1. The third-order valence-corrected chi connectivity index (χ3v) is 6.85. The van der Waals surface area contributed by atoms with Gasteiger partial charge in [0.15, 0.2) is 0 Å². The van der Waals surface area contributed by atoms with Crippen LogP contribution in [0.25, 0.3) is 0 Å². The molecule has 2 fully saturated rings. The highest BCUT2D eigenvalue weighted by molar-refractivity contribution is 8.00. The standard InChI is InChI=1S/C23H28N2O2S/c1-16-2-9-22(24-15-16)25-23(26)21(14-17-10-12-27-13-11-17)18-3-5-19(6-4-18)28-20-7-8-20/h2-6,9,15,17,20-21H,7-8,10-14H2,1H3,(H,24,25,26). The van der Waals surface area contributed by atoms with Gasteiger partial charge in [0, 0.05) is 29.6 Å². The zero-order valence-corrected chi connectivity index (χ0v) is 17.2. The Kier molecular flexibility index (Phi) is 6.33. The lowest BCUT2D eigenvalue weighted by Crippen LogP contribution is -2.26. The summed E-state index contributed by atoms with van der Waals surface area (Å²) in [4.78, 5) is 18.8. The molecule has 2 aromatic rings. The highest BCUT2D eigenvalue weighted by Gasteiger charge is 2.27. The van der Waals surface area contributed by atoms with Crippen molar-refractivity contribution in [3.63, 3.8) is 0 Å². The number of ether oxygens (including phenoxy) is 1. The summed E-state index contributed by atoms with van der Waals surface area (Å²) in [6.07, 6.45) is 7.35. The lowest BCUT2D eigenvalue weighted by atomic mass is 9.84. The molecule has 4 nitrogen and oxygen atoms in total. The first-order chi connectivity index (χ1) is 13.7. The number of carbonyl (C=O) groups excluding carboxylic acids is 1. The van der Waals surface area contributed by atoms with Gasteiger partial charge in [0.2, 0.25) is 5.91 Å². The van der Waals surface area contributed by atoms with Crippen molar-refractivity contribution in [2.75, 3.05) is 18.5 Å². The second-order valence-corrected chi connectivity index (χ2v) is 9.31. The minimum atomic E-state index is -0.161. The molecule has 2 aliphatic rings. The first kappa shape index (κ1) is 19.5. The molecule has 1 atom stereocenters. The van der Waals surface area contributed by atoms with Crippen molar-refractivity contribution in [3.05, 3.63) is 53.7 Å². The van der Waals surface area contributed by atoms with Crippen molar-refractivity contribution in [2.24, 2.45) is 5.92 Å². The van der Waals surface area contributed by atoms with E-state index in [4.69, 9.17) is 4.74 Å². The van der Waals surface area contributed by atoms with Crippen LogP contribution in [0.15, 0.2) is 47.5 Å². The minimum Gasteiger partial charge on any atom is -0.381 e. The molecule has 1 aliphatic heterocycles. The second-order valence-electron chi connectivity index (χ2n) is 7.94. The SMILES string of the molecule is Cc1ccc(NC(=O)C(CC2CCOCC2)c2ccc(SC3CC3)cc2)nc1. The van der Waals surface area contributed by atoms with Crippen LogP contribution in [-0.2, 0) is 9.53 Å². The number of carbonyl (C=O) groups is 1. The minimum absolute atomic E-state index is 0.0328. The predicted molar refractivity (Wildman–Crippen MR) is 114 cm³/mol. The van der Waals surface area contributed by atoms with E-state index in [0.717, 1.165) is 48.9 Å². The molecule has 1 N–H and O–H groups in total. The fourth-order valence-electron chi connectivity index (χ4n) is 3.62. The summed E-state index contributed by atoms with van der Waals surface area (Å²) < 4.78 is 5.50. The van der Waals surface area contributed by atoms with Crippen LogP contribution in [0.1, 0.15) is 49.1 Å². The van der Waals surface area contributed by atoms with Gasteiger partial charge in [0.05, 0.1) is 5.92 Å². The lowest BCUT2D eigenvalue weighted by molar-refractivity contribution is -0.118. The molecule has 1 unspecified atom stereocenters. The molecule has 1 aliphatic carbocycles. The fraction of sp³-hybridized carbons (Fsp3) is 0.478. The summed E-state index contributed by atoms with van der Waals surface area (Å²) in [5.74, 6) is 1.01. The molecule has 0 spiro atoms. The topological polar surface area (TPSA) is 51.2 Å². The molecule has 1 aromatic carbocycles. The molecule has 0 bridgehead atoms. The number of thioether (sulfide) groups is 1. The predicted octanol–water partition coefficient (Wildman–Crippen LogP) is 5.18. The average molecular weight is 397 g/mol. The Morgan fingerprint density at radius 1 is 1.14 bits per heavy atom. The number of rotatable bonds is 7. The number of pyridine rings is 1. The quantitative estimate of drug-likeness (QED) is 0.700. The van der Waals surface area contributed by atoms with E-state index in [9.17, 15) is 4.79 Å². The molecule has 4 rings (SSSR count). The van der Waals surface area contributed by atoms with Gasteiger partial charge in [-0.2, -0.15) is 0 Å². The molecule has 28 heavy (non-hydrogen) atoms. The molecule has 148 valence electrons. The van der Waals surface area contributed by atoms with Crippen molar-refractivity contribution in [1.29, 1.82) is 0 Å². The van der Waals surface area contributed by atoms with E-state index in [-0.39, 0.29) is 11.8 Å². The van der Waals surface area contributed by atoms with Gasteiger partial charge < -0.3 is 10.1 Å². The van der Waals surface area contributed by atoms with Gasteiger partial charge in [-0.25, -0.2) is 4.98 Å². The summed E-state index contributed by atoms with van der Waals surface area (Å²) in [7, 11) is 0. The zero-order chi connectivity index (χ0) is 19.3. The van der Waals surface area contributed by atoms with Crippen molar-refractivity contribution in [2.45, 2.75) is 55.1 Å². The molecule has 1 saturated heterocycles. The molecule has 1 saturated carbocycles. The molecular formula is C23H28N2O2S. The summed E-state index contributed by atoms with van der Waals surface area (Å²) in [6, 6.07) is 12.5. The molecule has 0 radical (unpaired) electrons. The van der Waals surface area contributed by atoms with E-state index in [1.165, 1.54) is 17.7 Å². The van der Waals surface area contributed by atoms with Crippen LogP contribution in [0.2, 0.25) is 0 Å². The van der Waals surface area contributed by atoms with Gasteiger partial charge in [0.25, 0.3) is 0 Å². The Bertz CT molecular complexity index is 781. The summed E-state index contributed by atoms with van der Waals surface area (Å²) in [6.45, 7) is 3.60. The largest absolute Gasteiger partial charge is 0.381 e. The lowest BCUT2D eigenvalue weighted by Gasteiger charge is -2.26.